The fraction of sp³-hybridized carbons (Fsp3) is 0.118. The number of hydrogen-bond acceptors (Lipinski definition) is 4. The van der Waals surface area contributed by atoms with Crippen LogP contribution in [-0.4, -0.2) is 31.4 Å². The molecule has 2 aromatic rings. The van der Waals surface area contributed by atoms with E-state index < -0.39 is 36.0 Å². The lowest BCUT2D eigenvalue weighted by molar-refractivity contribution is -0.115. The predicted molar refractivity (Wildman–Crippen MR) is 85.1 cm³/mol. The van der Waals surface area contributed by atoms with E-state index in [1.165, 1.54) is 19.2 Å². The molecule has 0 aromatic heterocycles. The van der Waals surface area contributed by atoms with E-state index in [0.717, 1.165) is 18.2 Å². The Hall–Kier alpha value is -3.29. The van der Waals surface area contributed by atoms with Gasteiger partial charge in [-0.05, 0) is 30.3 Å². The topological polar surface area (TPSA) is 84.5 Å². The van der Waals surface area contributed by atoms with E-state index in [9.17, 15) is 23.2 Å². The molecule has 0 bridgehead atoms. The van der Waals surface area contributed by atoms with Gasteiger partial charge in [0.2, 0.25) is 5.91 Å². The van der Waals surface area contributed by atoms with E-state index in [0.29, 0.717) is 0 Å². The summed E-state index contributed by atoms with van der Waals surface area (Å²) < 4.78 is 30.6. The summed E-state index contributed by atoms with van der Waals surface area (Å²) in [5.41, 5.74) is 0.258. The first kappa shape index (κ1) is 18.1. The van der Waals surface area contributed by atoms with Crippen molar-refractivity contribution in [1.82, 2.24) is 5.32 Å². The molecule has 0 aliphatic carbocycles. The number of methoxy groups -OCH3 is 1. The SMILES string of the molecule is COC(=O)c1ccccc1NC(=O)CNC(=O)c1ccc(F)c(F)c1. The minimum absolute atomic E-state index is 0.123. The van der Waals surface area contributed by atoms with Crippen molar-refractivity contribution in [2.75, 3.05) is 19.0 Å². The van der Waals surface area contributed by atoms with Crippen LogP contribution in [0.4, 0.5) is 14.5 Å². The van der Waals surface area contributed by atoms with Gasteiger partial charge in [0.25, 0.3) is 5.91 Å². The highest BCUT2D eigenvalue weighted by atomic mass is 19.2. The van der Waals surface area contributed by atoms with Gasteiger partial charge in [-0.3, -0.25) is 9.59 Å². The molecule has 0 heterocycles. The highest BCUT2D eigenvalue weighted by Crippen LogP contribution is 2.15. The molecule has 0 unspecified atom stereocenters. The van der Waals surface area contributed by atoms with E-state index in [1.54, 1.807) is 12.1 Å². The second-order valence-electron chi connectivity index (χ2n) is 4.90. The van der Waals surface area contributed by atoms with Crippen LogP contribution in [0.15, 0.2) is 42.5 Å². The molecule has 2 rings (SSSR count). The number of halogens is 2. The van der Waals surface area contributed by atoms with Crippen LogP contribution in [0.5, 0.6) is 0 Å². The van der Waals surface area contributed by atoms with Crippen molar-refractivity contribution < 1.29 is 27.9 Å². The Bertz CT molecular complexity index is 824. The standard InChI is InChI=1S/C17H14F2N2O4/c1-25-17(24)11-4-2-3-5-14(11)21-15(22)9-20-16(23)10-6-7-12(18)13(19)8-10/h2-8H,9H2,1H3,(H,20,23)(H,21,22). The van der Waals surface area contributed by atoms with Gasteiger partial charge < -0.3 is 15.4 Å². The monoisotopic (exact) mass is 348 g/mol. The number of benzene rings is 2. The third-order valence-corrected chi connectivity index (χ3v) is 3.20. The van der Waals surface area contributed by atoms with E-state index >= 15 is 0 Å². The molecule has 130 valence electrons. The maximum atomic E-state index is 13.1. The lowest BCUT2D eigenvalue weighted by Gasteiger charge is -2.10. The molecule has 0 spiro atoms. The first-order chi connectivity index (χ1) is 11.9. The number of nitrogens with one attached hydrogen (secondary N) is 2. The van der Waals surface area contributed by atoms with Gasteiger partial charge in [-0.1, -0.05) is 12.1 Å². The van der Waals surface area contributed by atoms with E-state index in [4.69, 9.17) is 0 Å². The summed E-state index contributed by atoms with van der Waals surface area (Å²) in [7, 11) is 1.21. The Morgan fingerprint density at radius 2 is 1.76 bits per heavy atom. The summed E-state index contributed by atoms with van der Waals surface area (Å²) in [5, 5.41) is 4.74. The normalized spacial score (nSPS) is 10.0. The Labute approximate surface area is 141 Å². The van der Waals surface area contributed by atoms with Gasteiger partial charge in [0.15, 0.2) is 11.6 Å². The molecule has 2 amide bonds. The molecule has 6 nitrogen and oxygen atoms in total. The number of anilines is 1. The van der Waals surface area contributed by atoms with Gasteiger partial charge in [0, 0.05) is 5.56 Å². The van der Waals surface area contributed by atoms with Gasteiger partial charge in [0.1, 0.15) is 0 Å². The minimum Gasteiger partial charge on any atom is -0.465 e. The number of esters is 1. The average molecular weight is 348 g/mol. The fourth-order valence-corrected chi connectivity index (χ4v) is 1.97. The molecule has 0 aliphatic rings. The number of carbonyl (C=O) groups excluding carboxylic acids is 3. The van der Waals surface area contributed by atoms with Crippen LogP contribution in [0.25, 0.3) is 0 Å². The molecule has 0 saturated carbocycles. The number of ether oxygens (including phenoxy) is 1. The van der Waals surface area contributed by atoms with Gasteiger partial charge in [-0.2, -0.15) is 0 Å². The molecule has 0 saturated heterocycles. The molecule has 0 fully saturated rings. The molecule has 8 heteroatoms. The van der Waals surface area contributed by atoms with Gasteiger partial charge in [-0.25, -0.2) is 13.6 Å². The summed E-state index contributed by atoms with van der Waals surface area (Å²) in [5.74, 6) is -4.21. The second-order valence-corrected chi connectivity index (χ2v) is 4.90. The van der Waals surface area contributed by atoms with Crippen molar-refractivity contribution in [3.8, 4) is 0 Å². The van der Waals surface area contributed by atoms with Crippen molar-refractivity contribution in [3.63, 3.8) is 0 Å². The number of amides is 2. The maximum Gasteiger partial charge on any atom is 0.339 e. The van der Waals surface area contributed by atoms with Crippen LogP contribution < -0.4 is 10.6 Å². The van der Waals surface area contributed by atoms with Crippen molar-refractivity contribution in [3.05, 3.63) is 65.2 Å². The van der Waals surface area contributed by atoms with Crippen molar-refractivity contribution >= 4 is 23.5 Å². The molecule has 0 atom stereocenters. The fourth-order valence-electron chi connectivity index (χ4n) is 1.97. The molecule has 0 radical (unpaired) electrons. The zero-order valence-electron chi connectivity index (χ0n) is 13.1. The highest BCUT2D eigenvalue weighted by Gasteiger charge is 2.14. The highest BCUT2D eigenvalue weighted by molar-refractivity contribution is 6.03. The van der Waals surface area contributed by atoms with Crippen LogP contribution in [0, 0.1) is 11.6 Å². The molecule has 2 aromatic carbocycles. The molecule has 0 aliphatic heterocycles. The summed E-state index contributed by atoms with van der Waals surface area (Å²) in [4.78, 5) is 35.4. The Morgan fingerprint density at radius 1 is 1.04 bits per heavy atom. The van der Waals surface area contributed by atoms with E-state index in [-0.39, 0.29) is 16.8 Å². The van der Waals surface area contributed by atoms with Gasteiger partial charge in [-0.15, -0.1) is 0 Å². The number of carbonyl (C=O) groups is 3. The smallest absolute Gasteiger partial charge is 0.339 e. The summed E-state index contributed by atoms with van der Waals surface area (Å²) in [6.07, 6.45) is 0. The Morgan fingerprint density at radius 3 is 2.44 bits per heavy atom. The number of hydrogen-bond donors (Lipinski definition) is 2. The molecular formula is C17H14F2N2O4. The van der Waals surface area contributed by atoms with E-state index in [1.807, 2.05) is 0 Å². The lowest BCUT2D eigenvalue weighted by Crippen LogP contribution is -2.33. The average Bonchev–Trinajstić information content (AvgIpc) is 2.61. The quantitative estimate of drug-likeness (QED) is 0.811. The van der Waals surface area contributed by atoms with Crippen LogP contribution in [0.1, 0.15) is 20.7 Å². The lowest BCUT2D eigenvalue weighted by atomic mass is 10.2. The molecule has 25 heavy (non-hydrogen) atoms. The third kappa shape index (κ3) is 4.60. The Kier molecular flexibility index (Phi) is 5.78. The zero-order valence-corrected chi connectivity index (χ0v) is 13.1. The largest absolute Gasteiger partial charge is 0.465 e. The van der Waals surface area contributed by atoms with Crippen molar-refractivity contribution in [1.29, 1.82) is 0 Å². The Balaban J connectivity index is 1.98. The summed E-state index contributed by atoms with van der Waals surface area (Å²) >= 11 is 0. The first-order valence-electron chi connectivity index (χ1n) is 7.13. The minimum atomic E-state index is -1.16. The van der Waals surface area contributed by atoms with Crippen LogP contribution in [0.2, 0.25) is 0 Å². The van der Waals surface area contributed by atoms with Crippen LogP contribution >= 0.6 is 0 Å². The molecule has 2 N–H and O–H groups in total. The summed E-state index contributed by atoms with van der Waals surface area (Å²) in [6, 6.07) is 8.83. The summed E-state index contributed by atoms with van der Waals surface area (Å²) in [6.45, 7) is -0.423. The third-order valence-electron chi connectivity index (χ3n) is 3.20. The zero-order chi connectivity index (χ0) is 18.4. The first-order valence-corrected chi connectivity index (χ1v) is 7.13. The number of para-hydroxylation sites is 1. The second kappa shape index (κ2) is 8.00. The maximum absolute atomic E-state index is 13.1. The number of rotatable bonds is 5. The van der Waals surface area contributed by atoms with Crippen molar-refractivity contribution in [2.45, 2.75) is 0 Å². The predicted octanol–water partition coefficient (Wildman–Crippen LogP) is 2.12. The van der Waals surface area contributed by atoms with E-state index in [2.05, 4.69) is 15.4 Å². The molecular weight excluding hydrogens is 334 g/mol. The van der Waals surface area contributed by atoms with Crippen molar-refractivity contribution in [2.24, 2.45) is 0 Å². The van der Waals surface area contributed by atoms with Gasteiger partial charge in [0.05, 0.1) is 24.9 Å². The van der Waals surface area contributed by atoms with Crippen LogP contribution in [-0.2, 0) is 9.53 Å². The van der Waals surface area contributed by atoms with Crippen LogP contribution in [0.3, 0.4) is 0 Å². The van der Waals surface area contributed by atoms with Gasteiger partial charge >= 0.3 is 5.97 Å².